The molecule has 1 N–H and O–H groups in total. The van der Waals surface area contributed by atoms with Crippen LogP contribution in [0, 0.1) is 6.92 Å². The van der Waals surface area contributed by atoms with Gasteiger partial charge in [-0.25, -0.2) is 4.98 Å². The highest BCUT2D eigenvalue weighted by molar-refractivity contribution is 7.17. The van der Waals surface area contributed by atoms with Crippen molar-refractivity contribution in [3.63, 3.8) is 0 Å². The molecule has 0 fully saturated rings. The lowest BCUT2D eigenvalue weighted by molar-refractivity contribution is -0.118. The van der Waals surface area contributed by atoms with E-state index in [1.165, 1.54) is 22.2 Å². The molecule has 4 aromatic rings. The van der Waals surface area contributed by atoms with Crippen LogP contribution >= 0.6 is 11.3 Å². The Morgan fingerprint density at radius 1 is 1.17 bits per heavy atom. The maximum Gasteiger partial charge on any atom is 0.263 e. The number of anilines is 1. The van der Waals surface area contributed by atoms with Crippen LogP contribution in [0.2, 0.25) is 0 Å². The minimum absolute atomic E-state index is 0.237. The van der Waals surface area contributed by atoms with E-state index in [2.05, 4.69) is 10.3 Å². The van der Waals surface area contributed by atoms with Crippen molar-refractivity contribution in [3.8, 4) is 16.9 Å². The van der Waals surface area contributed by atoms with Crippen LogP contribution in [0.5, 0.6) is 5.75 Å². The van der Waals surface area contributed by atoms with Gasteiger partial charge in [-0.15, -0.1) is 11.3 Å². The number of fused-ring (bicyclic) bond motifs is 1. The fraction of sp³-hybridized carbons (Fsp3) is 0.174. The number of carbonyl (C=O) groups excluding carboxylic acids is 1. The molecule has 0 aliphatic heterocycles. The van der Waals surface area contributed by atoms with E-state index in [0.717, 1.165) is 16.7 Å². The highest BCUT2D eigenvalue weighted by Gasteiger charge is 2.21. The molecule has 1 atom stereocenters. The largest absolute Gasteiger partial charge is 0.495 e. The lowest BCUT2D eigenvalue weighted by Gasteiger charge is -2.16. The molecule has 152 valence electrons. The normalized spacial score (nSPS) is 12.0. The predicted molar refractivity (Wildman–Crippen MR) is 120 cm³/mol. The maximum absolute atomic E-state index is 13.3. The van der Waals surface area contributed by atoms with Crippen molar-refractivity contribution in [3.05, 3.63) is 76.2 Å². The van der Waals surface area contributed by atoms with E-state index in [0.29, 0.717) is 21.7 Å². The molecule has 0 bridgehead atoms. The number of methoxy groups -OCH3 is 1. The summed E-state index contributed by atoms with van der Waals surface area (Å²) < 4.78 is 6.65. The molecule has 2 aromatic heterocycles. The molecule has 1 amide bonds. The number of amides is 1. The highest BCUT2D eigenvalue weighted by Crippen LogP contribution is 2.31. The zero-order chi connectivity index (χ0) is 21.3. The average Bonchev–Trinajstić information content (AvgIpc) is 3.19. The fourth-order valence-electron chi connectivity index (χ4n) is 3.28. The molecular formula is C23H21N3O3S. The Kier molecular flexibility index (Phi) is 5.37. The molecule has 0 aliphatic carbocycles. The van der Waals surface area contributed by atoms with Gasteiger partial charge in [0, 0.05) is 10.9 Å². The number of nitrogens with one attached hydrogen (secondary N) is 1. The second kappa shape index (κ2) is 8.12. The highest BCUT2D eigenvalue weighted by atomic mass is 32.1. The first kappa shape index (κ1) is 19.8. The summed E-state index contributed by atoms with van der Waals surface area (Å²) in [6.45, 7) is 3.70. The average molecular weight is 420 g/mol. The summed E-state index contributed by atoms with van der Waals surface area (Å²) in [6, 6.07) is 14.4. The third-order valence-corrected chi connectivity index (χ3v) is 5.93. The van der Waals surface area contributed by atoms with Crippen molar-refractivity contribution < 1.29 is 9.53 Å². The third kappa shape index (κ3) is 3.59. The molecule has 0 unspecified atom stereocenters. The minimum atomic E-state index is -0.745. The zero-order valence-corrected chi connectivity index (χ0v) is 17.7. The van der Waals surface area contributed by atoms with Crippen LogP contribution in [0.15, 0.2) is 65.0 Å². The van der Waals surface area contributed by atoms with Crippen molar-refractivity contribution in [2.75, 3.05) is 12.4 Å². The molecular weight excluding hydrogens is 398 g/mol. The lowest BCUT2D eigenvalue weighted by Crippen LogP contribution is -2.31. The summed E-state index contributed by atoms with van der Waals surface area (Å²) in [6.07, 6.45) is 1.44. The molecule has 2 aromatic carbocycles. The van der Waals surface area contributed by atoms with E-state index in [-0.39, 0.29) is 11.5 Å². The van der Waals surface area contributed by atoms with Gasteiger partial charge in [0.15, 0.2) is 0 Å². The van der Waals surface area contributed by atoms with E-state index < -0.39 is 6.04 Å². The summed E-state index contributed by atoms with van der Waals surface area (Å²) >= 11 is 1.42. The molecule has 0 radical (unpaired) electrons. The molecule has 0 spiro atoms. The number of rotatable bonds is 5. The number of benzene rings is 2. The van der Waals surface area contributed by atoms with E-state index >= 15 is 0 Å². The molecule has 2 heterocycles. The Morgan fingerprint density at radius 2 is 1.90 bits per heavy atom. The van der Waals surface area contributed by atoms with Crippen LogP contribution in [0.25, 0.3) is 21.3 Å². The Labute approximate surface area is 177 Å². The number of hydrogen-bond acceptors (Lipinski definition) is 5. The first-order valence-corrected chi connectivity index (χ1v) is 10.4. The number of aromatic nitrogens is 2. The van der Waals surface area contributed by atoms with E-state index in [1.807, 2.05) is 48.7 Å². The van der Waals surface area contributed by atoms with Gasteiger partial charge in [-0.05, 0) is 31.5 Å². The minimum Gasteiger partial charge on any atom is -0.495 e. The van der Waals surface area contributed by atoms with Gasteiger partial charge in [-0.3, -0.25) is 14.2 Å². The summed E-state index contributed by atoms with van der Waals surface area (Å²) in [4.78, 5) is 31.2. The molecule has 0 saturated heterocycles. The fourth-order valence-corrected chi connectivity index (χ4v) is 4.18. The summed E-state index contributed by atoms with van der Waals surface area (Å²) in [5.41, 5.74) is 3.25. The second-order valence-corrected chi connectivity index (χ2v) is 7.88. The Balaban J connectivity index is 1.71. The number of hydrogen-bond donors (Lipinski definition) is 1. The van der Waals surface area contributed by atoms with Crippen LogP contribution in [-0.2, 0) is 4.79 Å². The molecule has 4 rings (SSSR count). The van der Waals surface area contributed by atoms with Crippen LogP contribution in [-0.4, -0.2) is 22.6 Å². The number of carbonyl (C=O) groups is 1. The van der Waals surface area contributed by atoms with E-state index in [1.54, 1.807) is 26.2 Å². The van der Waals surface area contributed by atoms with Gasteiger partial charge in [0.05, 0.1) is 24.5 Å². The lowest BCUT2D eigenvalue weighted by atomic mass is 10.0. The second-order valence-electron chi connectivity index (χ2n) is 7.02. The molecule has 30 heavy (non-hydrogen) atoms. The number of aryl methyl sites for hydroxylation is 1. The Morgan fingerprint density at radius 3 is 2.63 bits per heavy atom. The standard InChI is InChI=1S/C23H21N3O3S/c1-14-8-10-16(11-9-14)17-12-30-22-20(17)23(28)26(13-24-22)15(2)21(27)25-18-6-4-5-7-19(18)29-3/h4-13,15H,1-3H3,(H,25,27)/t15-/m1/s1. The number of nitrogens with zero attached hydrogens (tertiary/aromatic N) is 2. The van der Waals surface area contributed by atoms with Gasteiger partial charge < -0.3 is 10.1 Å². The van der Waals surface area contributed by atoms with Crippen molar-refractivity contribution >= 4 is 33.1 Å². The monoisotopic (exact) mass is 419 g/mol. The van der Waals surface area contributed by atoms with Crippen molar-refractivity contribution in [1.29, 1.82) is 0 Å². The summed E-state index contributed by atoms with van der Waals surface area (Å²) in [5, 5.41) is 5.30. The number of thiophene rings is 1. The summed E-state index contributed by atoms with van der Waals surface area (Å²) in [5.74, 6) is 0.230. The Hall–Kier alpha value is -3.45. The molecule has 7 heteroatoms. The van der Waals surface area contributed by atoms with E-state index in [9.17, 15) is 9.59 Å². The first-order chi connectivity index (χ1) is 14.5. The van der Waals surface area contributed by atoms with Crippen LogP contribution in [0.4, 0.5) is 5.69 Å². The van der Waals surface area contributed by atoms with Crippen LogP contribution in [0.3, 0.4) is 0 Å². The SMILES string of the molecule is COc1ccccc1NC(=O)[C@@H](C)n1cnc2scc(-c3ccc(C)cc3)c2c1=O. The smallest absolute Gasteiger partial charge is 0.263 e. The molecule has 6 nitrogen and oxygen atoms in total. The topological polar surface area (TPSA) is 73.2 Å². The van der Waals surface area contributed by atoms with Gasteiger partial charge in [0.2, 0.25) is 5.91 Å². The maximum atomic E-state index is 13.3. The van der Waals surface area contributed by atoms with Gasteiger partial charge >= 0.3 is 0 Å². The zero-order valence-electron chi connectivity index (χ0n) is 16.9. The van der Waals surface area contributed by atoms with Crippen molar-refractivity contribution in [1.82, 2.24) is 9.55 Å². The van der Waals surface area contributed by atoms with Crippen LogP contribution < -0.4 is 15.6 Å². The molecule has 0 aliphatic rings. The van der Waals surface area contributed by atoms with Crippen molar-refractivity contribution in [2.45, 2.75) is 19.9 Å². The summed E-state index contributed by atoms with van der Waals surface area (Å²) in [7, 11) is 1.54. The van der Waals surface area contributed by atoms with Gasteiger partial charge in [-0.2, -0.15) is 0 Å². The third-order valence-electron chi connectivity index (χ3n) is 5.04. The molecule has 0 saturated carbocycles. The predicted octanol–water partition coefficient (Wildman–Crippen LogP) is 4.64. The number of ether oxygens (including phenoxy) is 1. The van der Waals surface area contributed by atoms with Gasteiger partial charge in [-0.1, -0.05) is 42.0 Å². The van der Waals surface area contributed by atoms with Gasteiger partial charge in [0.1, 0.15) is 16.6 Å². The quantitative estimate of drug-likeness (QED) is 0.511. The Bertz CT molecular complexity index is 1280. The first-order valence-electron chi connectivity index (χ1n) is 9.49. The van der Waals surface area contributed by atoms with Crippen LogP contribution in [0.1, 0.15) is 18.5 Å². The van der Waals surface area contributed by atoms with E-state index in [4.69, 9.17) is 4.74 Å². The number of para-hydroxylation sites is 2. The van der Waals surface area contributed by atoms with Gasteiger partial charge in [0.25, 0.3) is 5.56 Å². The van der Waals surface area contributed by atoms with Crippen molar-refractivity contribution in [2.24, 2.45) is 0 Å².